The van der Waals surface area contributed by atoms with Gasteiger partial charge in [0.25, 0.3) is 0 Å². The van der Waals surface area contributed by atoms with Gasteiger partial charge >= 0.3 is 0 Å². The van der Waals surface area contributed by atoms with E-state index in [0.717, 1.165) is 11.8 Å². The number of nitrogens with zero attached hydrogens (tertiary/aromatic N) is 1. The Labute approximate surface area is 128 Å². The van der Waals surface area contributed by atoms with E-state index in [-0.39, 0.29) is 0 Å². The first-order chi connectivity index (χ1) is 10.2. The number of hydrogen-bond acceptors (Lipinski definition) is 1. The number of hydrogen-bond donors (Lipinski definition) is 1. The average molecular weight is 283 g/mol. The Kier molecular flexibility index (Phi) is 3.11. The molecule has 2 nitrogen and oxygen atoms in total. The van der Waals surface area contributed by atoms with Gasteiger partial charge in [-0.25, -0.2) is 0 Å². The molecule has 1 aromatic carbocycles. The highest BCUT2D eigenvalue weighted by molar-refractivity contribution is 5.59. The van der Waals surface area contributed by atoms with Crippen LogP contribution >= 0.6 is 0 Å². The Bertz CT molecular complexity index is 577. The Hall–Kier alpha value is -1.28. The van der Waals surface area contributed by atoms with E-state index in [1.165, 1.54) is 49.1 Å². The molecule has 0 aliphatic carbocycles. The summed E-state index contributed by atoms with van der Waals surface area (Å²) < 4.78 is 1.25. The minimum Gasteiger partial charge on any atom is -0.381 e. The third-order valence-electron chi connectivity index (χ3n) is 6.18. The van der Waals surface area contributed by atoms with Gasteiger partial charge in [0.2, 0.25) is 0 Å². The van der Waals surface area contributed by atoms with Gasteiger partial charge in [-0.2, -0.15) is 0 Å². The van der Waals surface area contributed by atoms with Crippen molar-refractivity contribution in [3.63, 3.8) is 0 Å². The minimum atomic E-state index is 0.645. The number of likely N-dealkylation sites (N-methyl/N-ethyl adjacent to an activating group) is 1. The molecular formula is C19H27N2+. The Balaban J connectivity index is 1.70. The molecule has 0 saturated carbocycles. The normalized spacial score (nSPS) is 39.9. The Morgan fingerprint density at radius 2 is 2.00 bits per heavy atom. The van der Waals surface area contributed by atoms with E-state index < -0.39 is 0 Å². The van der Waals surface area contributed by atoms with Gasteiger partial charge < -0.3 is 9.80 Å². The predicted octanol–water partition coefficient (Wildman–Crippen LogP) is 3.77. The van der Waals surface area contributed by atoms with Crippen molar-refractivity contribution in [2.45, 2.75) is 38.1 Å². The maximum Gasteiger partial charge on any atom is 0.100 e. The highest BCUT2D eigenvalue weighted by atomic mass is 15.3. The van der Waals surface area contributed by atoms with Crippen molar-refractivity contribution in [3.8, 4) is 0 Å². The van der Waals surface area contributed by atoms with Crippen LogP contribution in [-0.2, 0) is 0 Å². The third-order valence-corrected chi connectivity index (χ3v) is 6.18. The van der Waals surface area contributed by atoms with Gasteiger partial charge in [-0.15, -0.1) is 0 Å². The first-order valence-corrected chi connectivity index (χ1v) is 8.53. The number of piperidine rings is 1. The second-order valence-electron chi connectivity index (χ2n) is 7.54. The largest absolute Gasteiger partial charge is 0.381 e. The molecule has 2 bridgehead atoms. The summed E-state index contributed by atoms with van der Waals surface area (Å²) in [4.78, 5) is 0. The van der Waals surface area contributed by atoms with E-state index in [0.29, 0.717) is 6.04 Å². The quantitative estimate of drug-likeness (QED) is 0.564. The van der Waals surface area contributed by atoms with Gasteiger partial charge in [0.05, 0.1) is 20.1 Å². The van der Waals surface area contributed by atoms with Crippen LogP contribution in [0.5, 0.6) is 0 Å². The van der Waals surface area contributed by atoms with Crippen LogP contribution in [0.1, 0.15) is 37.7 Å². The molecule has 0 aromatic heterocycles. The fourth-order valence-electron chi connectivity index (χ4n) is 4.89. The molecule has 2 unspecified atom stereocenters. The van der Waals surface area contributed by atoms with Gasteiger partial charge in [-0.3, -0.25) is 0 Å². The summed E-state index contributed by atoms with van der Waals surface area (Å²) in [6.45, 7) is 6.21. The number of nitrogens with one attached hydrogen (secondary N) is 1. The van der Waals surface area contributed by atoms with Crippen molar-refractivity contribution in [2.24, 2.45) is 5.92 Å². The zero-order valence-electron chi connectivity index (χ0n) is 13.3. The lowest BCUT2D eigenvalue weighted by molar-refractivity contribution is -0.909. The van der Waals surface area contributed by atoms with Crippen molar-refractivity contribution in [1.82, 2.24) is 0 Å². The molecule has 1 N–H and O–H groups in total. The predicted molar refractivity (Wildman–Crippen MR) is 88.5 cm³/mol. The van der Waals surface area contributed by atoms with E-state index in [1.807, 2.05) is 0 Å². The third kappa shape index (κ3) is 2.20. The number of anilines is 1. The van der Waals surface area contributed by atoms with Crippen LogP contribution in [0.4, 0.5) is 5.69 Å². The highest BCUT2D eigenvalue weighted by Crippen LogP contribution is 2.44. The molecule has 1 aromatic rings. The molecule has 0 amide bonds. The summed E-state index contributed by atoms with van der Waals surface area (Å²) in [5.74, 6) is 1.52. The molecule has 4 heterocycles. The molecule has 5 rings (SSSR count). The minimum absolute atomic E-state index is 0.645. The summed E-state index contributed by atoms with van der Waals surface area (Å²) in [6, 6.07) is 9.63. The van der Waals surface area contributed by atoms with E-state index >= 15 is 0 Å². The van der Waals surface area contributed by atoms with Crippen molar-refractivity contribution < 1.29 is 4.48 Å². The summed E-state index contributed by atoms with van der Waals surface area (Å²) in [6.07, 6.45) is 6.42. The first-order valence-electron chi connectivity index (χ1n) is 8.53. The van der Waals surface area contributed by atoms with Crippen LogP contribution < -0.4 is 5.32 Å². The molecular weight excluding hydrogens is 256 g/mol. The molecule has 0 radical (unpaired) electrons. The van der Waals surface area contributed by atoms with Crippen molar-refractivity contribution in [3.05, 3.63) is 41.5 Å². The molecule has 4 aliphatic rings. The van der Waals surface area contributed by atoms with Crippen LogP contribution in [-0.4, -0.2) is 37.2 Å². The molecule has 112 valence electrons. The lowest BCUT2D eigenvalue weighted by Gasteiger charge is -2.41. The monoisotopic (exact) mass is 283 g/mol. The number of rotatable bonds is 0. The number of allylic oxidation sites excluding steroid dienone is 1. The maximum absolute atomic E-state index is 3.84. The average Bonchev–Trinajstić information content (AvgIpc) is 2.87. The van der Waals surface area contributed by atoms with Gasteiger partial charge in [-0.1, -0.05) is 24.3 Å². The zero-order valence-corrected chi connectivity index (χ0v) is 13.3. The van der Waals surface area contributed by atoms with Gasteiger partial charge in [0.1, 0.15) is 6.54 Å². The zero-order chi connectivity index (χ0) is 14.4. The van der Waals surface area contributed by atoms with Crippen LogP contribution in [0.3, 0.4) is 0 Å². The number of fused-ring (bicyclic) bond motifs is 4. The fraction of sp³-hybridized carbons (Fsp3) is 0.579. The molecule has 21 heavy (non-hydrogen) atoms. The van der Waals surface area contributed by atoms with Gasteiger partial charge in [0.15, 0.2) is 0 Å². The number of quaternary nitrogens is 1. The van der Waals surface area contributed by atoms with Gasteiger partial charge in [0, 0.05) is 30.5 Å². The van der Waals surface area contributed by atoms with E-state index in [2.05, 4.69) is 49.6 Å². The first kappa shape index (κ1) is 13.4. The topological polar surface area (TPSA) is 12.0 Å². The fourth-order valence-corrected chi connectivity index (χ4v) is 4.89. The molecule has 4 aliphatic heterocycles. The summed E-state index contributed by atoms with van der Waals surface area (Å²) in [7, 11) is 2.47. The van der Waals surface area contributed by atoms with E-state index in [4.69, 9.17) is 0 Å². The second-order valence-corrected chi connectivity index (χ2v) is 7.54. The molecule has 4 atom stereocenters. The van der Waals surface area contributed by atoms with Crippen molar-refractivity contribution >= 4 is 5.69 Å². The summed E-state index contributed by atoms with van der Waals surface area (Å²) >= 11 is 0. The van der Waals surface area contributed by atoms with Crippen LogP contribution in [0.25, 0.3) is 0 Å². The smallest absolute Gasteiger partial charge is 0.100 e. The number of benzene rings is 1. The van der Waals surface area contributed by atoms with Gasteiger partial charge in [-0.05, 0) is 36.5 Å². The molecule has 2 heteroatoms. The molecule has 3 fully saturated rings. The lowest BCUT2D eigenvalue weighted by atomic mass is 9.82. The standard InChI is InChI=1S/C19H27N2/c1-3-14-13-21(2)10-8-15(14)12-19-17(9-11-21)16-6-4-5-7-18(16)20-19/h3-7,15,17,19-20H,8-13H2,1-2H3/q+1/b14-3-/t15-,17?,19?,21-/m1/s1. The molecule has 0 spiro atoms. The van der Waals surface area contributed by atoms with E-state index in [9.17, 15) is 0 Å². The summed E-state index contributed by atoms with van der Waals surface area (Å²) in [5.41, 5.74) is 4.67. The number of para-hydroxylation sites is 1. The van der Waals surface area contributed by atoms with Crippen LogP contribution in [0, 0.1) is 5.92 Å². The SMILES string of the molecule is C/C=C1/C[N@@+]2(C)CCC3c4ccccc4NC3C[C@H]1CC2. The maximum atomic E-state index is 3.84. The highest BCUT2D eigenvalue weighted by Gasteiger charge is 2.41. The van der Waals surface area contributed by atoms with Crippen LogP contribution in [0.2, 0.25) is 0 Å². The lowest BCUT2D eigenvalue weighted by Crippen LogP contribution is -2.51. The van der Waals surface area contributed by atoms with Crippen LogP contribution in [0.15, 0.2) is 35.9 Å². The van der Waals surface area contributed by atoms with Crippen molar-refractivity contribution in [1.29, 1.82) is 0 Å². The summed E-state index contributed by atoms with van der Waals surface area (Å²) in [5, 5.41) is 3.84. The molecule has 3 saturated heterocycles. The van der Waals surface area contributed by atoms with E-state index in [1.54, 1.807) is 11.1 Å². The Morgan fingerprint density at radius 3 is 2.86 bits per heavy atom. The van der Waals surface area contributed by atoms with Crippen molar-refractivity contribution in [2.75, 3.05) is 32.0 Å². The Morgan fingerprint density at radius 1 is 1.19 bits per heavy atom. The second kappa shape index (κ2) is 4.88.